The minimum absolute atomic E-state index is 0.116. The summed E-state index contributed by atoms with van der Waals surface area (Å²) in [5.74, 6) is -1.59. The molecule has 3 aromatic carbocycles. The molecule has 4 aromatic rings. The number of hydrogen-bond acceptors (Lipinski definition) is 6. The molecule has 0 spiro atoms. The van der Waals surface area contributed by atoms with E-state index in [1.165, 1.54) is 4.90 Å². The molecule has 1 saturated carbocycles. The van der Waals surface area contributed by atoms with E-state index in [0.29, 0.717) is 39.8 Å². The Morgan fingerprint density at radius 3 is 2.24 bits per heavy atom. The van der Waals surface area contributed by atoms with Gasteiger partial charge in [-0.25, -0.2) is 9.78 Å². The van der Waals surface area contributed by atoms with Gasteiger partial charge < -0.3 is 4.74 Å². The molecule has 8 heteroatoms. The van der Waals surface area contributed by atoms with Crippen LogP contribution in [0.25, 0.3) is 22.2 Å². The number of hydrogen-bond donors (Lipinski definition) is 0. The number of aryl methyl sites for hydroxylation is 1. The number of fused-ring (bicyclic) bond motifs is 2. The van der Waals surface area contributed by atoms with E-state index in [1.54, 1.807) is 42.5 Å². The third-order valence-electron chi connectivity index (χ3n) is 8.25. The van der Waals surface area contributed by atoms with E-state index in [2.05, 4.69) is 15.9 Å². The van der Waals surface area contributed by atoms with Crippen LogP contribution in [0, 0.1) is 11.8 Å². The summed E-state index contributed by atoms with van der Waals surface area (Å²) in [4.78, 5) is 58.4. The second-order valence-electron chi connectivity index (χ2n) is 10.8. The molecule has 2 aliphatic rings. The number of imide groups is 1. The first-order chi connectivity index (χ1) is 20.4. The summed E-state index contributed by atoms with van der Waals surface area (Å²) in [6.45, 7) is 1.63. The molecule has 2 amide bonds. The number of benzene rings is 3. The zero-order valence-electron chi connectivity index (χ0n) is 23.1. The first-order valence-corrected chi connectivity index (χ1v) is 15.0. The highest BCUT2D eigenvalue weighted by atomic mass is 79.9. The van der Waals surface area contributed by atoms with E-state index in [0.717, 1.165) is 41.3 Å². The second kappa shape index (κ2) is 11.6. The first-order valence-electron chi connectivity index (χ1n) is 14.2. The molecule has 1 saturated heterocycles. The lowest BCUT2D eigenvalue weighted by molar-refractivity contribution is -0.122. The van der Waals surface area contributed by atoms with Crippen molar-refractivity contribution in [2.24, 2.45) is 11.8 Å². The molecular formula is C34H29BrN2O5. The van der Waals surface area contributed by atoms with Crippen LogP contribution in [0.5, 0.6) is 0 Å². The van der Waals surface area contributed by atoms with Gasteiger partial charge in [0.2, 0.25) is 11.8 Å². The lowest BCUT2D eigenvalue weighted by Gasteiger charge is -2.19. The Bertz CT molecular complexity index is 1690. The van der Waals surface area contributed by atoms with E-state index in [1.807, 2.05) is 37.3 Å². The molecule has 0 bridgehead atoms. The molecule has 7 nitrogen and oxygen atoms in total. The van der Waals surface area contributed by atoms with E-state index in [4.69, 9.17) is 9.72 Å². The maximum atomic E-state index is 13.4. The lowest BCUT2D eigenvalue weighted by atomic mass is 9.81. The summed E-state index contributed by atoms with van der Waals surface area (Å²) in [6, 6.07) is 21.3. The van der Waals surface area contributed by atoms with Gasteiger partial charge in [0.25, 0.3) is 0 Å². The van der Waals surface area contributed by atoms with Gasteiger partial charge in [0, 0.05) is 21.0 Å². The van der Waals surface area contributed by atoms with Crippen molar-refractivity contribution in [3.63, 3.8) is 0 Å². The van der Waals surface area contributed by atoms with Crippen molar-refractivity contribution in [1.82, 2.24) is 4.98 Å². The third kappa shape index (κ3) is 5.15. The zero-order valence-corrected chi connectivity index (χ0v) is 24.7. The molecule has 6 rings (SSSR count). The predicted octanol–water partition coefficient (Wildman–Crippen LogP) is 6.95. The number of Topliss-reactive ketones (excluding diaryl/α,β-unsaturated/α-hetero) is 1. The maximum absolute atomic E-state index is 13.4. The first kappa shape index (κ1) is 28.0. The summed E-state index contributed by atoms with van der Waals surface area (Å²) in [5, 5.41) is 0.620. The van der Waals surface area contributed by atoms with Crippen molar-refractivity contribution >= 4 is 56.1 Å². The standard InChI is InChI=1S/C34H29BrN2O5/c1-2-20-16-23(35)17-27-28(34(41)42-19-30(38)22-8-4-3-5-9-22)18-29(36-31(20)27)21-12-14-24(15-13-21)37-32(39)25-10-6-7-11-26(25)33(37)40/h3-5,8-9,12-18,25-26H,2,6-7,10-11,19H2,1H3. The zero-order chi connectivity index (χ0) is 29.4. The van der Waals surface area contributed by atoms with Crippen LogP contribution in [0.2, 0.25) is 0 Å². The number of nitrogens with zero attached hydrogens (tertiary/aromatic N) is 2. The largest absolute Gasteiger partial charge is 0.454 e. The number of amides is 2. The fourth-order valence-electron chi connectivity index (χ4n) is 6.06. The van der Waals surface area contributed by atoms with Gasteiger partial charge in [-0.1, -0.05) is 78.2 Å². The summed E-state index contributed by atoms with van der Waals surface area (Å²) < 4.78 is 6.31. The quantitative estimate of drug-likeness (QED) is 0.125. The SMILES string of the molecule is CCc1cc(Br)cc2c(C(=O)OCC(=O)c3ccccc3)cc(-c3ccc(N4C(=O)C5CCCCC5C4=O)cc3)nc12. The van der Waals surface area contributed by atoms with E-state index >= 15 is 0 Å². The smallest absolute Gasteiger partial charge is 0.339 e. The Morgan fingerprint density at radius 2 is 1.60 bits per heavy atom. The van der Waals surface area contributed by atoms with Crippen LogP contribution < -0.4 is 4.90 Å². The van der Waals surface area contributed by atoms with Crippen LogP contribution >= 0.6 is 15.9 Å². The highest BCUT2D eigenvalue weighted by Gasteiger charge is 2.48. The molecule has 1 aliphatic heterocycles. The number of aromatic nitrogens is 1. The Morgan fingerprint density at radius 1 is 0.929 bits per heavy atom. The molecule has 2 unspecified atom stereocenters. The minimum Gasteiger partial charge on any atom is -0.454 e. The fraction of sp³-hybridized carbons (Fsp3) is 0.265. The number of carbonyl (C=O) groups is 4. The van der Waals surface area contributed by atoms with Crippen LogP contribution in [0.3, 0.4) is 0 Å². The van der Waals surface area contributed by atoms with Crippen LogP contribution in [-0.2, 0) is 20.7 Å². The number of anilines is 1. The Labute approximate surface area is 252 Å². The number of pyridine rings is 1. The fourth-order valence-corrected chi connectivity index (χ4v) is 6.57. The van der Waals surface area contributed by atoms with Crippen LogP contribution in [0.4, 0.5) is 5.69 Å². The van der Waals surface area contributed by atoms with Gasteiger partial charge in [-0.2, -0.15) is 0 Å². The van der Waals surface area contributed by atoms with E-state index < -0.39 is 5.97 Å². The number of carbonyl (C=O) groups excluding carboxylic acids is 4. The molecule has 1 aromatic heterocycles. The summed E-state index contributed by atoms with van der Waals surface area (Å²) in [5.41, 5.74) is 4.18. The monoisotopic (exact) mass is 624 g/mol. The van der Waals surface area contributed by atoms with Crippen LogP contribution in [0.15, 0.2) is 77.3 Å². The van der Waals surface area contributed by atoms with Crippen LogP contribution in [-0.4, -0.2) is 35.2 Å². The molecule has 0 N–H and O–H groups in total. The van der Waals surface area contributed by atoms with Crippen molar-refractivity contribution in [3.8, 4) is 11.3 Å². The molecule has 2 atom stereocenters. The minimum atomic E-state index is -0.624. The highest BCUT2D eigenvalue weighted by molar-refractivity contribution is 9.10. The molecule has 2 heterocycles. The topological polar surface area (TPSA) is 93.6 Å². The number of esters is 1. The van der Waals surface area contributed by atoms with Crippen molar-refractivity contribution in [2.75, 3.05) is 11.5 Å². The number of ether oxygens (including phenoxy) is 1. The number of ketones is 1. The van der Waals surface area contributed by atoms with Gasteiger partial charge in [0.05, 0.1) is 34.3 Å². The van der Waals surface area contributed by atoms with Gasteiger partial charge in [-0.3, -0.25) is 19.3 Å². The Balaban J connectivity index is 1.33. The predicted molar refractivity (Wildman–Crippen MR) is 163 cm³/mol. The molecule has 2 fully saturated rings. The van der Waals surface area contributed by atoms with Crippen LogP contribution in [0.1, 0.15) is 58.9 Å². The van der Waals surface area contributed by atoms with Gasteiger partial charge in [0.1, 0.15) is 0 Å². The second-order valence-corrected chi connectivity index (χ2v) is 11.7. The summed E-state index contributed by atoms with van der Waals surface area (Å²) >= 11 is 3.54. The summed E-state index contributed by atoms with van der Waals surface area (Å²) in [7, 11) is 0. The summed E-state index contributed by atoms with van der Waals surface area (Å²) in [6.07, 6.45) is 4.16. The number of rotatable bonds is 7. The lowest BCUT2D eigenvalue weighted by Crippen LogP contribution is -2.30. The maximum Gasteiger partial charge on any atom is 0.339 e. The molecule has 42 heavy (non-hydrogen) atoms. The molecule has 0 radical (unpaired) electrons. The number of halogens is 1. The Hall–Kier alpha value is -4.17. The molecule has 1 aliphatic carbocycles. The van der Waals surface area contributed by atoms with E-state index in [9.17, 15) is 19.2 Å². The van der Waals surface area contributed by atoms with E-state index in [-0.39, 0.29) is 36.0 Å². The highest BCUT2D eigenvalue weighted by Crippen LogP contribution is 2.40. The normalized spacial score (nSPS) is 18.3. The van der Waals surface area contributed by atoms with Crippen molar-refractivity contribution in [2.45, 2.75) is 39.0 Å². The van der Waals surface area contributed by atoms with Crippen molar-refractivity contribution in [1.29, 1.82) is 0 Å². The molecule has 212 valence electrons. The third-order valence-corrected chi connectivity index (χ3v) is 8.71. The molecular weight excluding hydrogens is 596 g/mol. The van der Waals surface area contributed by atoms with Crippen molar-refractivity contribution in [3.05, 3.63) is 94.0 Å². The van der Waals surface area contributed by atoms with Crippen molar-refractivity contribution < 1.29 is 23.9 Å². The average Bonchev–Trinajstić information content (AvgIpc) is 3.28. The Kier molecular flexibility index (Phi) is 7.73. The van der Waals surface area contributed by atoms with Gasteiger partial charge in [-0.05, 0) is 55.2 Å². The average molecular weight is 626 g/mol. The van der Waals surface area contributed by atoms with Gasteiger partial charge in [0.15, 0.2) is 12.4 Å². The van der Waals surface area contributed by atoms with Gasteiger partial charge in [-0.15, -0.1) is 0 Å². The van der Waals surface area contributed by atoms with Gasteiger partial charge >= 0.3 is 5.97 Å².